The van der Waals surface area contributed by atoms with Crippen LogP contribution in [-0.4, -0.2) is 50.8 Å². The lowest BCUT2D eigenvalue weighted by molar-refractivity contribution is 0.393. The maximum Gasteiger partial charge on any atom is 0.191 e. The third-order valence-electron chi connectivity index (χ3n) is 5.18. The first-order valence-electron chi connectivity index (χ1n) is 10.6. The van der Waals surface area contributed by atoms with Crippen molar-refractivity contribution in [2.45, 2.75) is 45.7 Å². The summed E-state index contributed by atoms with van der Waals surface area (Å²) in [6.07, 6.45) is 3.06. The number of hydrogen-bond acceptors (Lipinski definition) is 6. The molecule has 172 valence electrons. The van der Waals surface area contributed by atoms with Crippen molar-refractivity contribution in [3.8, 4) is 11.5 Å². The van der Waals surface area contributed by atoms with Gasteiger partial charge >= 0.3 is 0 Å². The van der Waals surface area contributed by atoms with Crippen molar-refractivity contribution in [2.24, 2.45) is 4.99 Å². The van der Waals surface area contributed by atoms with E-state index in [0.29, 0.717) is 12.6 Å². The van der Waals surface area contributed by atoms with Crippen molar-refractivity contribution >= 4 is 47.0 Å². The highest BCUT2D eigenvalue weighted by Crippen LogP contribution is 2.30. The number of nitrogens with zero attached hydrogens (tertiary/aromatic N) is 3. The van der Waals surface area contributed by atoms with Crippen LogP contribution in [0.4, 0.5) is 5.69 Å². The standard InChI is InChI=1S/C22H33N5O2S.HI/c1-5-21-25-17(15-30-21)14-24-22(23-6-2)26-16-7-9-27(10-8-16)18-11-19(28-3)13-20(12-18)29-4;/h11-13,15-16H,5-10,14H2,1-4H3,(H2,23,24,26);1H. The van der Waals surface area contributed by atoms with Gasteiger partial charge in [-0.3, -0.25) is 0 Å². The van der Waals surface area contributed by atoms with Crippen molar-refractivity contribution < 1.29 is 9.47 Å². The second-order valence-electron chi connectivity index (χ2n) is 7.26. The van der Waals surface area contributed by atoms with Crippen LogP contribution in [0, 0.1) is 0 Å². The molecule has 2 heterocycles. The molecule has 0 spiro atoms. The molecule has 1 fully saturated rings. The number of rotatable bonds is 8. The van der Waals surface area contributed by atoms with E-state index in [1.807, 2.05) is 6.07 Å². The molecular formula is C22H34IN5O2S. The summed E-state index contributed by atoms with van der Waals surface area (Å²) in [4.78, 5) is 11.7. The van der Waals surface area contributed by atoms with Gasteiger partial charge in [0.25, 0.3) is 0 Å². The number of aryl methyl sites for hydroxylation is 1. The number of aromatic nitrogens is 1. The summed E-state index contributed by atoms with van der Waals surface area (Å²) < 4.78 is 10.8. The molecule has 0 amide bonds. The number of hydrogen-bond donors (Lipinski definition) is 2. The Morgan fingerprint density at radius 1 is 1.16 bits per heavy atom. The Kier molecular flexibility index (Phi) is 10.7. The van der Waals surface area contributed by atoms with Gasteiger partial charge in [0.15, 0.2) is 5.96 Å². The van der Waals surface area contributed by atoms with Gasteiger partial charge in [0.05, 0.1) is 31.5 Å². The highest BCUT2D eigenvalue weighted by atomic mass is 127. The quantitative estimate of drug-likeness (QED) is 0.289. The van der Waals surface area contributed by atoms with E-state index < -0.39 is 0 Å². The fourth-order valence-electron chi connectivity index (χ4n) is 3.51. The van der Waals surface area contributed by atoms with Crippen molar-refractivity contribution in [1.29, 1.82) is 0 Å². The Morgan fingerprint density at radius 3 is 2.39 bits per heavy atom. The summed E-state index contributed by atoms with van der Waals surface area (Å²) in [7, 11) is 3.37. The number of benzene rings is 1. The fraction of sp³-hybridized carbons (Fsp3) is 0.545. The van der Waals surface area contributed by atoms with E-state index >= 15 is 0 Å². The number of guanidine groups is 1. The Morgan fingerprint density at radius 2 is 1.84 bits per heavy atom. The Labute approximate surface area is 206 Å². The van der Waals surface area contributed by atoms with E-state index in [1.165, 1.54) is 5.01 Å². The number of piperidine rings is 1. The van der Waals surface area contributed by atoms with Crippen molar-refractivity contribution in [3.63, 3.8) is 0 Å². The SMILES string of the molecule is CCNC(=NCc1csc(CC)n1)NC1CCN(c2cc(OC)cc(OC)c2)CC1.I. The number of thiazole rings is 1. The number of aliphatic imine (C=N–C) groups is 1. The van der Waals surface area contributed by atoms with Gasteiger partial charge in [0.1, 0.15) is 11.5 Å². The van der Waals surface area contributed by atoms with Crippen LogP contribution in [0.15, 0.2) is 28.6 Å². The molecule has 0 radical (unpaired) electrons. The van der Waals surface area contributed by atoms with Crippen LogP contribution in [0.2, 0.25) is 0 Å². The van der Waals surface area contributed by atoms with Crippen LogP contribution in [0.5, 0.6) is 11.5 Å². The van der Waals surface area contributed by atoms with Crippen molar-refractivity contribution in [1.82, 2.24) is 15.6 Å². The van der Waals surface area contributed by atoms with Gasteiger partial charge in [-0.1, -0.05) is 6.92 Å². The van der Waals surface area contributed by atoms with Crippen LogP contribution < -0.4 is 25.0 Å². The monoisotopic (exact) mass is 559 g/mol. The molecular weight excluding hydrogens is 525 g/mol. The zero-order valence-electron chi connectivity index (χ0n) is 18.8. The molecule has 1 aromatic carbocycles. The number of anilines is 1. The molecule has 2 aromatic rings. The summed E-state index contributed by atoms with van der Waals surface area (Å²) in [6.45, 7) is 7.61. The largest absolute Gasteiger partial charge is 0.497 e. The molecule has 1 saturated heterocycles. The zero-order valence-corrected chi connectivity index (χ0v) is 22.0. The fourth-order valence-corrected chi connectivity index (χ4v) is 4.25. The normalized spacial score (nSPS) is 14.7. The minimum absolute atomic E-state index is 0. The van der Waals surface area contributed by atoms with E-state index in [2.05, 4.69) is 51.9 Å². The lowest BCUT2D eigenvalue weighted by Crippen LogP contribution is -2.48. The second kappa shape index (κ2) is 12.9. The Bertz CT molecular complexity index is 815. The maximum absolute atomic E-state index is 5.41. The topological polar surface area (TPSA) is 71.0 Å². The molecule has 1 aromatic heterocycles. The van der Waals surface area contributed by atoms with E-state index in [9.17, 15) is 0 Å². The number of ether oxygens (including phenoxy) is 2. The average Bonchev–Trinajstić information content (AvgIpc) is 3.26. The van der Waals surface area contributed by atoms with Crippen LogP contribution in [0.3, 0.4) is 0 Å². The minimum atomic E-state index is 0. The number of halogens is 1. The molecule has 1 aliphatic rings. The van der Waals surface area contributed by atoms with Gasteiger partial charge in [-0.05, 0) is 26.2 Å². The van der Waals surface area contributed by atoms with E-state index in [4.69, 9.17) is 14.5 Å². The van der Waals surface area contributed by atoms with Crippen LogP contribution in [0.1, 0.15) is 37.4 Å². The van der Waals surface area contributed by atoms with Crippen molar-refractivity contribution in [2.75, 3.05) is 38.8 Å². The summed E-state index contributed by atoms with van der Waals surface area (Å²) >= 11 is 1.71. The zero-order chi connectivity index (χ0) is 21.3. The molecule has 7 nitrogen and oxygen atoms in total. The van der Waals surface area contributed by atoms with Gasteiger partial charge in [0, 0.05) is 54.9 Å². The van der Waals surface area contributed by atoms with Gasteiger partial charge in [-0.2, -0.15) is 0 Å². The van der Waals surface area contributed by atoms with Gasteiger partial charge < -0.3 is 25.0 Å². The third kappa shape index (κ3) is 7.41. The first-order chi connectivity index (χ1) is 14.6. The van der Waals surface area contributed by atoms with E-state index in [1.54, 1.807) is 25.6 Å². The predicted molar refractivity (Wildman–Crippen MR) is 140 cm³/mol. The first-order valence-corrected chi connectivity index (χ1v) is 11.5. The number of methoxy groups -OCH3 is 2. The highest BCUT2D eigenvalue weighted by Gasteiger charge is 2.21. The summed E-state index contributed by atoms with van der Waals surface area (Å²) in [6, 6.07) is 6.44. The minimum Gasteiger partial charge on any atom is -0.497 e. The van der Waals surface area contributed by atoms with Gasteiger partial charge in [-0.25, -0.2) is 9.98 Å². The molecule has 0 bridgehead atoms. The molecule has 3 rings (SSSR count). The lowest BCUT2D eigenvalue weighted by Gasteiger charge is -2.34. The molecule has 0 unspecified atom stereocenters. The average molecular weight is 560 g/mol. The van der Waals surface area contributed by atoms with E-state index in [0.717, 1.165) is 67.7 Å². The molecule has 0 aliphatic carbocycles. The maximum atomic E-state index is 5.41. The highest BCUT2D eigenvalue weighted by molar-refractivity contribution is 14.0. The second-order valence-corrected chi connectivity index (χ2v) is 8.20. The van der Waals surface area contributed by atoms with Gasteiger partial charge in [-0.15, -0.1) is 35.3 Å². The predicted octanol–water partition coefficient (Wildman–Crippen LogP) is 4.06. The van der Waals surface area contributed by atoms with Crippen molar-refractivity contribution in [3.05, 3.63) is 34.3 Å². The molecule has 1 aliphatic heterocycles. The molecule has 0 saturated carbocycles. The van der Waals surface area contributed by atoms with Crippen LogP contribution >= 0.6 is 35.3 Å². The smallest absolute Gasteiger partial charge is 0.191 e. The molecule has 2 N–H and O–H groups in total. The van der Waals surface area contributed by atoms with Crippen LogP contribution in [0.25, 0.3) is 0 Å². The summed E-state index contributed by atoms with van der Waals surface area (Å²) in [5.41, 5.74) is 2.18. The molecule has 31 heavy (non-hydrogen) atoms. The Hall–Kier alpha value is -1.75. The van der Waals surface area contributed by atoms with Gasteiger partial charge in [0.2, 0.25) is 0 Å². The lowest BCUT2D eigenvalue weighted by atomic mass is 10.0. The Balaban J connectivity index is 0.00000341. The summed E-state index contributed by atoms with van der Waals surface area (Å²) in [5.74, 6) is 2.50. The van der Waals surface area contributed by atoms with Crippen LogP contribution in [-0.2, 0) is 13.0 Å². The van der Waals surface area contributed by atoms with E-state index in [-0.39, 0.29) is 24.0 Å². The molecule has 0 atom stereocenters. The number of nitrogens with one attached hydrogen (secondary N) is 2. The molecule has 9 heteroatoms. The first kappa shape index (κ1) is 25.5. The summed E-state index contributed by atoms with van der Waals surface area (Å²) in [5, 5.41) is 10.2. The third-order valence-corrected chi connectivity index (χ3v) is 6.22.